The van der Waals surface area contributed by atoms with Crippen molar-refractivity contribution in [2.75, 3.05) is 6.61 Å². The number of benzene rings is 1. The number of ether oxygens (including phenoxy) is 1. The van der Waals surface area contributed by atoms with E-state index in [1.165, 1.54) is 18.9 Å². The first kappa shape index (κ1) is 16.2. The summed E-state index contributed by atoms with van der Waals surface area (Å²) in [5.74, 6) is 0. The highest BCUT2D eigenvalue weighted by atomic mass is 35.5. The Morgan fingerprint density at radius 2 is 1.95 bits per heavy atom. The van der Waals surface area contributed by atoms with E-state index in [9.17, 15) is 10.1 Å². The molecule has 1 saturated carbocycles. The zero-order chi connectivity index (χ0) is 15.3. The molecule has 0 spiro atoms. The van der Waals surface area contributed by atoms with Gasteiger partial charge in [-0.25, -0.2) is 0 Å². The lowest BCUT2D eigenvalue weighted by Crippen LogP contribution is -2.43. The molecule has 1 aromatic carbocycles. The number of hydrogen-bond donors (Lipinski definition) is 1. The predicted octanol–water partition coefficient (Wildman–Crippen LogP) is 3.82. The summed E-state index contributed by atoms with van der Waals surface area (Å²) in [6.07, 6.45) is 6.55. The number of nitrogens with two attached hydrogens (primary N) is 1. The largest absolute Gasteiger partial charge is 0.375 e. The molecule has 1 aliphatic carbocycles. The van der Waals surface area contributed by atoms with Crippen LogP contribution in [0.4, 0.5) is 5.69 Å². The second-order valence-corrected chi connectivity index (χ2v) is 6.17. The van der Waals surface area contributed by atoms with Gasteiger partial charge < -0.3 is 10.5 Å². The lowest BCUT2D eigenvalue weighted by molar-refractivity contribution is -0.385. The van der Waals surface area contributed by atoms with Crippen LogP contribution in [-0.2, 0) is 11.3 Å². The van der Waals surface area contributed by atoms with E-state index in [1.54, 1.807) is 12.1 Å². The number of rotatable bonds is 5. The molecule has 0 atom stereocenters. The van der Waals surface area contributed by atoms with Gasteiger partial charge in [-0.15, -0.1) is 0 Å². The average molecular weight is 313 g/mol. The summed E-state index contributed by atoms with van der Waals surface area (Å²) < 4.78 is 5.68. The Morgan fingerprint density at radius 3 is 2.57 bits per heavy atom. The Balaban J connectivity index is 1.98. The average Bonchev–Trinajstić information content (AvgIpc) is 2.65. The van der Waals surface area contributed by atoms with Crippen molar-refractivity contribution < 1.29 is 9.66 Å². The second-order valence-electron chi connectivity index (χ2n) is 5.76. The van der Waals surface area contributed by atoms with Gasteiger partial charge in [0.05, 0.1) is 28.7 Å². The molecule has 0 saturated heterocycles. The maximum absolute atomic E-state index is 11.0. The normalized spacial score (nSPS) is 18.2. The molecule has 0 heterocycles. The van der Waals surface area contributed by atoms with E-state index in [1.807, 2.05) is 0 Å². The first-order chi connectivity index (χ1) is 10.0. The van der Waals surface area contributed by atoms with Gasteiger partial charge in [-0.1, -0.05) is 43.4 Å². The predicted molar refractivity (Wildman–Crippen MR) is 82.4 cm³/mol. The third-order valence-corrected chi connectivity index (χ3v) is 4.38. The molecule has 0 amide bonds. The Morgan fingerprint density at radius 1 is 1.29 bits per heavy atom. The number of nitro benzene ring substituents is 1. The van der Waals surface area contributed by atoms with Gasteiger partial charge in [0.15, 0.2) is 0 Å². The van der Waals surface area contributed by atoms with Crippen molar-refractivity contribution in [2.24, 2.45) is 5.73 Å². The molecule has 0 radical (unpaired) electrons. The van der Waals surface area contributed by atoms with Crippen LogP contribution in [0.2, 0.25) is 5.02 Å². The Bertz CT molecular complexity index is 500. The topological polar surface area (TPSA) is 78.4 Å². The molecule has 5 nitrogen and oxygen atoms in total. The van der Waals surface area contributed by atoms with Gasteiger partial charge in [-0.2, -0.15) is 0 Å². The van der Waals surface area contributed by atoms with E-state index in [-0.39, 0.29) is 17.8 Å². The number of halogens is 1. The summed E-state index contributed by atoms with van der Waals surface area (Å²) in [6.45, 7) is 0.532. The summed E-state index contributed by atoms with van der Waals surface area (Å²) in [6, 6.07) is 4.64. The molecule has 2 rings (SSSR count). The number of nitrogens with zero attached hydrogens (tertiary/aromatic N) is 1. The molecular weight excluding hydrogens is 292 g/mol. The van der Waals surface area contributed by atoms with Crippen LogP contribution in [-0.4, -0.2) is 17.1 Å². The van der Waals surface area contributed by atoms with Gasteiger partial charge in [0.25, 0.3) is 5.69 Å². The molecule has 1 aromatic rings. The van der Waals surface area contributed by atoms with Crippen LogP contribution in [0.3, 0.4) is 0 Å². The van der Waals surface area contributed by atoms with Gasteiger partial charge in [0.2, 0.25) is 0 Å². The second kappa shape index (κ2) is 7.20. The van der Waals surface area contributed by atoms with Crippen LogP contribution in [0, 0.1) is 10.1 Å². The molecule has 21 heavy (non-hydrogen) atoms. The quantitative estimate of drug-likeness (QED) is 0.509. The van der Waals surface area contributed by atoms with E-state index >= 15 is 0 Å². The van der Waals surface area contributed by atoms with Crippen LogP contribution in [0.1, 0.15) is 44.1 Å². The van der Waals surface area contributed by atoms with Gasteiger partial charge >= 0.3 is 0 Å². The molecule has 0 bridgehead atoms. The van der Waals surface area contributed by atoms with E-state index in [0.29, 0.717) is 17.2 Å². The molecule has 1 fully saturated rings. The first-order valence-corrected chi connectivity index (χ1v) is 7.68. The van der Waals surface area contributed by atoms with Crippen molar-refractivity contribution in [3.8, 4) is 0 Å². The summed E-state index contributed by atoms with van der Waals surface area (Å²) in [4.78, 5) is 10.6. The summed E-state index contributed by atoms with van der Waals surface area (Å²) in [5, 5.41) is 11.4. The third-order valence-electron chi connectivity index (χ3n) is 4.03. The first-order valence-electron chi connectivity index (χ1n) is 7.30. The van der Waals surface area contributed by atoms with Crippen LogP contribution in [0.25, 0.3) is 0 Å². The minimum Gasteiger partial charge on any atom is -0.375 e. The lowest BCUT2D eigenvalue weighted by atomic mass is 9.92. The zero-order valence-electron chi connectivity index (χ0n) is 12.0. The Labute approximate surface area is 129 Å². The standard InChI is InChI=1S/C15H21ClN2O3/c16-13-6-5-7-14(18(19)20)12(13)10-21-11-15(17)8-3-1-2-4-9-15/h5-7H,1-4,8-11,17H2. The maximum Gasteiger partial charge on any atom is 0.276 e. The molecule has 1 aliphatic rings. The van der Waals surface area contributed by atoms with Gasteiger partial charge in [-0.05, 0) is 18.9 Å². The van der Waals surface area contributed by atoms with Crippen molar-refractivity contribution >= 4 is 17.3 Å². The highest BCUT2D eigenvalue weighted by molar-refractivity contribution is 6.31. The minimum absolute atomic E-state index is 0.00515. The monoisotopic (exact) mass is 312 g/mol. The number of nitro groups is 1. The van der Waals surface area contributed by atoms with Gasteiger partial charge in [0.1, 0.15) is 0 Å². The van der Waals surface area contributed by atoms with Crippen LogP contribution >= 0.6 is 11.6 Å². The SMILES string of the molecule is NC1(COCc2c(Cl)cccc2[N+](=O)[O-])CCCCCC1. The Kier molecular flexibility index (Phi) is 5.56. The van der Waals surface area contributed by atoms with Crippen molar-refractivity contribution in [1.82, 2.24) is 0 Å². The van der Waals surface area contributed by atoms with Crippen LogP contribution in [0.5, 0.6) is 0 Å². The van der Waals surface area contributed by atoms with E-state index in [2.05, 4.69) is 0 Å². The fourth-order valence-corrected chi connectivity index (χ4v) is 3.02. The van der Waals surface area contributed by atoms with Crippen molar-refractivity contribution in [3.05, 3.63) is 38.9 Å². The van der Waals surface area contributed by atoms with Crippen LogP contribution < -0.4 is 5.73 Å². The summed E-state index contributed by atoms with van der Waals surface area (Å²) >= 11 is 6.04. The van der Waals surface area contributed by atoms with Crippen LogP contribution in [0.15, 0.2) is 18.2 Å². The third kappa shape index (κ3) is 4.40. The molecule has 0 aliphatic heterocycles. The molecule has 0 unspecified atom stereocenters. The van der Waals surface area contributed by atoms with E-state index in [4.69, 9.17) is 22.1 Å². The molecule has 2 N–H and O–H groups in total. The van der Waals surface area contributed by atoms with Crippen molar-refractivity contribution in [1.29, 1.82) is 0 Å². The molecule has 0 aromatic heterocycles. The molecule has 6 heteroatoms. The molecule has 116 valence electrons. The van der Waals surface area contributed by atoms with E-state index in [0.717, 1.165) is 25.7 Å². The maximum atomic E-state index is 11.0. The minimum atomic E-state index is -0.436. The Hall–Kier alpha value is -1.17. The lowest BCUT2D eigenvalue weighted by Gasteiger charge is -2.27. The molecular formula is C15H21ClN2O3. The van der Waals surface area contributed by atoms with Gasteiger partial charge in [-0.3, -0.25) is 10.1 Å². The zero-order valence-corrected chi connectivity index (χ0v) is 12.8. The van der Waals surface area contributed by atoms with E-state index < -0.39 is 4.92 Å². The number of hydrogen-bond acceptors (Lipinski definition) is 4. The van der Waals surface area contributed by atoms with Crippen molar-refractivity contribution in [2.45, 2.75) is 50.7 Å². The fourth-order valence-electron chi connectivity index (χ4n) is 2.79. The van der Waals surface area contributed by atoms with Crippen molar-refractivity contribution in [3.63, 3.8) is 0 Å². The highest BCUT2D eigenvalue weighted by Gasteiger charge is 2.27. The fraction of sp³-hybridized carbons (Fsp3) is 0.600. The van der Waals surface area contributed by atoms with Gasteiger partial charge in [0, 0.05) is 11.6 Å². The smallest absolute Gasteiger partial charge is 0.276 e. The highest BCUT2D eigenvalue weighted by Crippen LogP contribution is 2.29. The summed E-state index contributed by atoms with van der Waals surface area (Å²) in [5.41, 5.74) is 6.47. The summed E-state index contributed by atoms with van der Waals surface area (Å²) in [7, 11) is 0.